The first-order valence-corrected chi connectivity index (χ1v) is 7.53. The zero-order chi connectivity index (χ0) is 16.8. The Morgan fingerprint density at radius 3 is 2.78 bits per heavy atom. The van der Waals surface area contributed by atoms with Crippen molar-refractivity contribution >= 4 is 29.0 Å². The van der Waals surface area contributed by atoms with E-state index in [0.29, 0.717) is 35.5 Å². The molecule has 0 saturated carbocycles. The third kappa shape index (κ3) is 4.91. The van der Waals surface area contributed by atoms with Gasteiger partial charge in [0.05, 0.1) is 6.61 Å². The number of hydrogen-bond acceptors (Lipinski definition) is 5. The Balaban J connectivity index is 2.16. The maximum absolute atomic E-state index is 12.4. The van der Waals surface area contributed by atoms with Gasteiger partial charge in [-0.05, 0) is 31.5 Å². The molecule has 1 aromatic heterocycles. The van der Waals surface area contributed by atoms with Crippen molar-refractivity contribution in [1.29, 1.82) is 0 Å². The molecule has 6 nitrogen and oxygen atoms in total. The number of aromatic nitrogens is 2. The summed E-state index contributed by atoms with van der Waals surface area (Å²) in [6.45, 7) is 4.78. The number of nitrogens with zero attached hydrogens (tertiary/aromatic N) is 2. The number of carbonyl (C=O) groups excluding carboxylic acids is 1. The Kier molecular flexibility index (Phi) is 5.90. The number of halogens is 1. The van der Waals surface area contributed by atoms with Gasteiger partial charge in [0.1, 0.15) is 17.3 Å². The van der Waals surface area contributed by atoms with Gasteiger partial charge in [-0.25, -0.2) is 9.97 Å². The van der Waals surface area contributed by atoms with E-state index in [9.17, 15) is 4.79 Å². The molecule has 2 N–H and O–H groups in total. The van der Waals surface area contributed by atoms with E-state index in [2.05, 4.69) is 20.6 Å². The molecule has 23 heavy (non-hydrogen) atoms. The fourth-order valence-corrected chi connectivity index (χ4v) is 2.14. The topological polar surface area (TPSA) is 76.1 Å². The van der Waals surface area contributed by atoms with Crippen LogP contribution in [0.1, 0.15) is 21.9 Å². The molecule has 0 aliphatic carbocycles. The fraction of sp³-hybridized carbons (Fsp3) is 0.312. The molecule has 122 valence electrons. The van der Waals surface area contributed by atoms with Crippen LogP contribution in [0.3, 0.4) is 0 Å². The van der Waals surface area contributed by atoms with Crippen molar-refractivity contribution in [2.24, 2.45) is 0 Å². The molecule has 0 aliphatic rings. The average molecular weight is 335 g/mol. The van der Waals surface area contributed by atoms with E-state index in [1.807, 2.05) is 13.0 Å². The van der Waals surface area contributed by atoms with E-state index >= 15 is 0 Å². The van der Waals surface area contributed by atoms with Gasteiger partial charge >= 0.3 is 0 Å². The Labute approximate surface area is 140 Å². The molecule has 1 heterocycles. The molecular weight excluding hydrogens is 316 g/mol. The summed E-state index contributed by atoms with van der Waals surface area (Å²) in [4.78, 5) is 20.8. The molecule has 7 heteroatoms. The van der Waals surface area contributed by atoms with Crippen molar-refractivity contribution < 1.29 is 9.53 Å². The van der Waals surface area contributed by atoms with Gasteiger partial charge in [-0.3, -0.25) is 4.79 Å². The Bertz CT molecular complexity index is 706. The third-order valence-corrected chi connectivity index (χ3v) is 3.37. The second kappa shape index (κ2) is 7.89. The summed E-state index contributed by atoms with van der Waals surface area (Å²) in [6, 6.07) is 6.94. The van der Waals surface area contributed by atoms with E-state index in [1.165, 1.54) is 0 Å². The van der Waals surface area contributed by atoms with Gasteiger partial charge in [-0.15, -0.1) is 0 Å². The minimum atomic E-state index is -0.310. The predicted octanol–water partition coefficient (Wildman–Crippen LogP) is 3.06. The number of ether oxygens (including phenoxy) is 1. The monoisotopic (exact) mass is 334 g/mol. The standard InChI is InChI=1S/C16H19ClN4O2/c1-10-4-5-12(17)8-13(10)21-16(22)14-9-15(18-6-7-23-3)20-11(2)19-14/h4-5,8-9H,6-7H2,1-3H3,(H,21,22)(H,18,19,20). The maximum Gasteiger partial charge on any atom is 0.274 e. The van der Waals surface area contributed by atoms with Crippen molar-refractivity contribution in [3.05, 3.63) is 46.4 Å². The molecule has 0 atom stereocenters. The van der Waals surface area contributed by atoms with E-state index in [4.69, 9.17) is 16.3 Å². The highest BCUT2D eigenvalue weighted by Crippen LogP contribution is 2.21. The van der Waals surface area contributed by atoms with Crippen LogP contribution < -0.4 is 10.6 Å². The van der Waals surface area contributed by atoms with Gasteiger partial charge in [-0.1, -0.05) is 17.7 Å². The molecule has 1 aromatic carbocycles. The molecule has 2 aromatic rings. The number of carbonyl (C=O) groups is 1. The summed E-state index contributed by atoms with van der Waals surface area (Å²) >= 11 is 5.97. The molecule has 0 fully saturated rings. The molecule has 0 spiro atoms. The van der Waals surface area contributed by atoms with Gasteiger partial charge in [0, 0.05) is 30.4 Å². The van der Waals surface area contributed by atoms with Gasteiger partial charge in [0.2, 0.25) is 0 Å². The quantitative estimate of drug-likeness (QED) is 0.794. The van der Waals surface area contributed by atoms with Crippen molar-refractivity contribution in [2.45, 2.75) is 13.8 Å². The average Bonchev–Trinajstić information content (AvgIpc) is 2.50. The first-order valence-electron chi connectivity index (χ1n) is 7.15. The zero-order valence-electron chi connectivity index (χ0n) is 13.3. The van der Waals surface area contributed by atoms with Crippen LogP contribution in [0, 0.1) is 13.8 Å². The van der Waals surface area contributed by atoms with Crippen LogP contribution in [0.4, 0.5) is 11.5 Å². The normalized spacial score (nSPS) is 10.4. The summed E-state index contributed by atoms with van der Waals surface area (Å²) in [5.41, 5.74) is 1.87. The predicted molar refractivity (Wildman–Crippen MR) is 91.3 cm³/mol. The van der Waals surface area contributed by atoms with Crippen LogP contribution in [-0.2, 0) is 4.74 Å². The Hall–Kier alpha value is -2.18. The lowest BCUT2D eigenvalue weighted by Gasteiger charge is -2.10. The lowest BCUT2D eigenvalue weighted by Crippen LogP contribution is -2.17. The van der Waals surface area contributed by atoms with E-state index in [-0.39, 0.29) is 11.6 Å². The van der Waals surface area contributed by atoms with Crippen molar-refractivity contribution in [1.82, 2.24) is 9.97 Å². The number of rotatable bonds is 6. The van der Waals surface area contributed by atoms with Crippen LogP contribution in [0.25, 0.3) is 0 Å². The number of nitrogens with one attached hydrogen (secondary N) is 2. The molecule has 1 amide bonds. The lowest BCUT2D eigenvalue weighted by molar-refractivity contribution is 0.102. The first-order chi connectivity index (χ1) is 11.0. The number of methoxy groups -OCH3 is 1. The number of benzene rings is 1. The molecule has 0 saturated heterocycles. The molecule has 0 unspecified atom stereocenters. The third-order valence-electron chi connectivity index (χ3n) is 3.13. The number of amides is 1. The molecule has 0 radical (unpaired) electrons. The van der Waals surface area contributed by atoms with Gasteiger partial charge in [0.25, 0.3) is 5.91 Å². The number of anilines is 2. The van der Waals surface area contributed by atoms with E-state index in [1.54, 1.807) is 32.2 Å². The summed E-state index contributed by atoms with van der Waals surface area (Å²) < 4.78 is 4.98. The van der Waals surface area contributed by atoms with E-state index in [0.717, 1.165) is 5.56 Å². The van der Waals surface area contributed by atoms with Crippen molar-refractivity contribution in [2.75, 3.05) is 30.9 Å². The Morgan fingerprint density at radius 2 is 2.04 bits per heavy atom. The summed E-state index contributed by atoms with van der Waals surface area (Å²) in [7, 11) is 1.62. The molecule has 2 rings (SSSR count). The van der Waals surface area contributed by atoms with Crippen LogP contribution in [0.15, 0.2) is 24.3 Å². The van der Waals surface area contributed by atoms with Gasteiger partial charge in [-0.2, -0.15) is 0 Å². The van der Waals surface area contributed by atoms with Crippen molar-refractivity contribution in [3.8, 4) is 0 Å². The highest BCUT2D eigenvalue weighted by atomic mass is 35.5. The highest BCUT2D eigenvalue weighted by Gasteiger charge is 2.12. The molecule has 0 aliphatic heterocycles. The van der Waals surface area contributed by atoms with E-state index < -0.39 is 0 Å². The summed E-state index contributed by atoms with van der Waals surface area (Å²) in [5, 5.41) is 6.47. The zero-order valence-corrected chi connectivity index (χ0v) is 14.1. The molecule has 0 bridgehead atoms. The van der Waals surface area contributed by atoms with Crippen LogP contribution in [0.5, 0.6) is 0 Å². The first kappa shape index (κ1) is 17.2. The minimum absolute atomic E-state index is 0.289. The lowest BCUT2D eigenvalue weighted by atomic mass is 10.2. The van der Waals surface area contributed by atoms with Gasteiger partial charge < -0.3 is 15.4 Å². The second-order valence-electron chi connectivity index (χ2n) is 5.02. The van der Waals surface area contributed by atoms with Crippen LogP contribution in [-0.4, -0.2) is 36.1 Å². The molecular formula is C16H19ClN4O2. The number of aryl methyl sites for hydroxylation is 2. The Morgan fingerprint density at radius 1 is 1.26 bits per heavy atom. The van der Waals surface area contributed by atoms with Gasteiger partial charge in [0.15, 0.2) is 0 Å². The van der Waals surface area contributed by atoms with Crippen LogP contribution >= 0.6 is 11.6 Å². The maximum atomic E-state index is 12.4. The summed E-state index contributed by atoms with van der Waals surface area (Å²) in [5.74, 6) is 0.790. The minimum Gasteiger partial charge on any atom is -0.383 e. The SMILES string of the molecule is COCCNc1cc(C(=O)Nc2cc(Cl)ccc2C)nc(C)n1. The second-order valence-corrected chi connectivity index (χ2v) is 5.46. The fourth-order valence-electron chi connectivity index (χ4n) is 1.97. The highest BCUT2D eigenvalue weighted by molar-refractivity contribution is 6.31. The smallest absolute Gasteiger partial charge is 0.274 e. The largest absolute Gasteiger partial charge is 0.383 e. The number of hydrogen-bond donors (Lipinski definition) is 2. The summed E-state index contributed by atoms with van der Waals surface area (Å²) in [6.07, 6.45) is 0. The van der Waals surface area contributed by atoms with Crippen LogP contribution in [0.2, 0.25) is 5.02 Å². The van der Waals surface area contributed by atoms with Crippen molar-refractivity contribution in [3.63, 3.8) is 0 Å².